The lowest BCUT2D eigenvalue weighted by atomic mass is 10.2. The van der Waals surface area contributed by atoms with Crippen molar-refractivity contribution < 1.29 is 14.0 Å². The Morgan fingerprint density at radius 3 is 2.43 bits per heavy atom. The summed E-state index contributed by atoms with van der Waals surface area (Å²) in [6, 6.07) is 5.21. The van der Waals surface area contributed by atoms with Crippen LogP contribution in [-0.2, 0) is 0 Å². The molecule has 7 nitrogen and oxygen atoms in total. The van der Waals surface area contributed by atoms with Crippen molar-refractivity contribution in [1.82, 2.24) is 20.0 Å². The van der Waals surface area contributed by atoms with E-state index in [9.17, 15) is 9.59 Å². The van der Waals surface area contributed by atoms with Gasteiger partial charge in [-0.3, -0.25) is 14.7 Å². The van der Waals surface area contributed by atoms with Gasteiger partial charge in [-0.15, -0.1) is 0 Å². The molecule has 2 aliphatic rings. The maximum absolute atomic E-state index is 12.5. The molecule has 0 spiro atoms. The van der Waals surface area contributed by atoms with Crippen LogP contribution in [0.2, 0.25) is 0 Å². The minimum absolute atomic E-state index is 0.0711. The standard InChI is InChI=1S/C16H18N4O3/c21-15(13-10-12(17-18-13)11-3-4-11)19-5-7-20(8-6-19)16(22)14-2-1-9-23-14/h1-2,9-11H,3-8H2,(H,17,18). The van der Waals surface area contributed by atoms with Crippen LogP contribution in [0.15, 0.2) is 28.9 Å². The van der Waals surface area contributed by atoms with Gasteiger partial charge in [-0.25, -0.2) is 0 Å². The molecular weight excluding hydrogens is 296 g/mol. The fraction of sp³-hybridized carbons (Fsp3) is 0.438. The highest BCUT2D eigenvalue weighted by Gasteiger charge is 2.30. The van der Waals surface area contributed by atoms with Crippen molar-refractivity contribution >= 4 is 11.8 Å². The summed E-state index contributed by atoms with van der Waals surface area (Å²) in [6.07, 6.45) is 3.83. The Morgan fingerprint density at radius 2 is 1.83 bits per heavy atom. The maximum Gasteiger partial charge on any atom is 0.289 e. The Hall–Kier alpha value is -2.57. The minimum atomic E-state index is -0.127. The summed E-state index contributed by atoms with van der Waals surface area (Å²) in [5.41, 5.74) is 1.53. The lowest BCUT2D eigenvalue weighted by molar-refractivity contribution is 0.0515. The van der Waals surface area contributed by atoms with Crippen molar-refractivity contribution in [3.63, 3.8) is 0 Å². The average molecular weight is 314 g/mol. The first-order valence-electron chi connectivity index (χ1n) is 7.90. The third kappa shape index (κ3) is 2.74. The number of hydrogen-bond donors (Lipinski definition) is 1. The summed E-state index contributed by atoms with van der Waals surface area (Å²) in [4.78, 5) is 28.1. The molecule has 0 atom stereocenters. The highest BCUT2D eigenvalue weighted by Crippen LogP contribution is 2.39. The summed E-state index contributed by atoms with van der Waals surface area (Å²) in [7, 11) is 0. The molecule has 1 aliphatic carbocycles. The normalized spacial score (nSPS) is 18.3. The number of carbonyl (C=O) groups excluding carboxylic acids is 2. The van der Waals surface area contributed by atoms with Crippen LogP contribution >= 0.6 is 0 Å². The van der Waals surface area contributed by atoms with Gasteiger partial charge in [-0.1, -0.05) is 0 Å². The molecule has 1 aliphatic heterocycles. The second kappa shape index (κ2) is 5.57. The number of rotatable bonds is 3. The SMILES string of the molecule is O=C(c1cc(C2CC2)[nH]n1)N1CCN(C(=O)c2ccco2)CC1. The zero-order valence-electron chi connectivity index (χ0n) is 12.7. The Bertz CT molecular complexity index is 710. The molecule has 2 fully saturated rings. The lowest BCUT2D eigenvalue weighted by Crippen LogP contribution is -2.50. The Kier molecular flexibility index (Phi) is 3.40. The van der Waals surface area contributed by atoms with E-state index in [-0.39, 0.29) is 11.8 Å². The van der Waals surface area contributed by atoms with Gasteiger partial charge in [-0.05, 0) is 31.0 Å². The van der Waals surface area contributed by atoms with Gasteiger partial charge < -0.3 is 14.2 Å². The van der Waals surface area contributed by atoms with Gasteiger partial charge >= 0.3 is 0 Å². The Labute approximate surface area is 133 Å². The summed E-state index contributed by atoms with van der Waals surface area (Å²) in [6.45, 7) is 2.03. The number of furan rings is 1. The van der Waals surface area contributed by atoms with E-state index in [1.807, 2.05) is 6.07 Å². The average Bonchev–Trinajstić information content (AvgIpc) is 3.10. The molecule has 0 radical (unpaired) electrons. The number of nitrogens with zero attached hydrogens (tertiary/aromatic N) is 3. The first-order valence-corrected chi connectivity index (χ1v) is 7.90. The molecule has 7 heteroatoms. The van der Waals surface area contributed by atoms with Crippen molar-refractivity contribution in [1.29, 1.82) is 0 Å². The number of piperazine rings is 1. The van der Waals surface area contributed by atoms with Gasteiger partial charge in [0.15, 0.2) is 5.76 Å². The van der Waals surface area contributed by atoms with E-state index >= 15 is 0 Å². The van der Waals surface area contributed by atoms with Crippen LogP contribution < -0.4 is 0 Å². The van der Waals surface area contributed by atoms with E-state index in [0.717, 1.165) is 5.69 Å². The molecule has 1 saturated carbocycles. The number of aromatic amines is 1. The van der Waals surface area contributed by atoms with Crippen molar-refractivity contribution in [2.75, 3.05) is 26.2 Å². The van der Waals surface area contributed by atoms with Crippen molar-refractivity contribution in [2.45, 2.75) is 18.8 Å². The number of amides is 2. The zero-order valence-corrected chi connectivity index (χ0v) is 12.7. The first-order chi connectivity index (χ1) is 11.2. The topological polar surface area (TPSA) is 82.4 Å². The molecule has 1 N–H and O–H groups in total. The third-order valence-corrected chi connectivity index (χ3v) is 4.42. The smallest absolute Gasteiger partial charge is 0.289 e. The van der Waals surface area contributed by atoms with Gasteiger partial charge in [0.25, 0.3) is 11.8 Å². The van der Waals surface area contributed by atoms with E-state index in [1.54, 1.807) is 21.9 Å². The van der Waals surface area contributed by atoms with Crippen LogP contribution in [0, 0.1) is 0 Å². The second-order valence-electron chi connectivity index (χ2n) is 6.04. The van der Waals surface area contributed by atoms with Gasteiger partial charge in [-0.2, -0.15) is 5.10 Å². The highest BCUT2D eigenvalue weighted by atomic mass is 16.3. The number of carbonyl (C=O) groups is 2. The zero-order chi connectivity index (χ0) is 15.8. The molecule has 1 saturated heterocycles. The molecule has 120 valence electrons. The molecule has 0 bridgehead atoms. The molecule has 2 aromatic heterocycles. The molecule has 2 amide bonds. The largest absolute Gasteiger partial charge is 0.459 e. The van der Waals surface area contributed by atoms with Crippen molar-refractivity contribution in [3.05, 3.63) is 41.6 Å². The maximum atomic E-state index is 12.5. The molecule has 0 aromatic carbocycles. The van der Waals surface area contributed by atoms with E-state index in [1.165, 1.54) is 19.1 Å². The van der Waals surface area contributed by atoms with Crippen molar-refractivity contribution in [2.24, 2.45) is 0 Å². The fourth-order valence-electron chi connectivity index (χ4n) is 2.88. The van der Waals surface area contributed by atoms with Crippen LogP contribution in [0.1, 0.15) is 45.5 Å². The number of H-pyrrole nitrogens is 1. The predicted octanol–water partition coefficient (Wildman–Crippen LogP) is 1.48. The van der Waals surface area contributed by atoms with Crippen LogP contribution in [-0.4, -0.2) is 58.0 Å². The van der Waals surface area contributed by atoms with Crippen LogP contribution in [0.4, 0.5) is 0 Å². The molecule has 23 heavy (non-hydrogen) atoms. The summed E-state index contributed by atoms with van der Waals surface area (Å²) in [5.74, 6) is 0.689. The van der Waals surface area contributed by atoms with Gasteiger partial charge in [0.2, 0.25) is 0 Å². The summed E-state index contributed by atoms with van der Waals surface area (Å²) >= 11 is 0. The molecule has 4 rings (SSSR count). The monoisotopic (exact) mass is 314 g/mol. The third-order valence-electron chi connectivity index (χ3n) is 4.42. The lowest BCUT2D eigenvalue weighted by Gasteiger charge is -2.33. The van der Waals surface area contributed by atoms with E-state index in [4.69, 9.17) is 4.42 Å². The minimum Gasteiger partial charge on any atom is -0.459 e. The Balaban J connectivity index is 1.36. The molecule has 0 unspecified atom stereocenters. The first kappa shape index (κ1) is 14.0. The van der Waals surface area contributed by atoms with Crippen LogP contribution in [0.25, 0.3) is 0 Å². The molecular formula is C16H18N4O3. The van der Waals surface area contributed by atoms with Gasteiger partial charge in [0, 0.05) is 37.8 Å². The quantitative estimate of drug-likeness (QED) is 0.930. The molecule has 2 aromatic rings. The Morgan fingerprint density at radius 1 is 1.13 bits per heavy atom. The number of aromatic nitrogens is 2. The van der Waals surface area contributed by atoms with Crippen LogP contribution in [0.5, 0.6) is 0 Å². The predicted molar refractivity (Wildman–Crippen MR) is 81.1 cm³/mol. The highest BCUT2D eigenvalue weighted by molar-refractivity contribution is 5.93. The van der Waals surface area contributed by atoms with E-state index in [0.29, 0.717) is 43.6 Å². The molecule has 3 heterocycles. The fourth-order valence-corrected chi connectivity index (χ4v) is 2.88. The van der Waals surface area contributed by atoms with E-state index in [2.05, 4.69) is 10.2 Å². The van der Waals surface area contributed by atoms with Gasteiger partial charge in [0.1, 0.15) is 5.69 Å². The number of nitrogens with one attached hydrogen (secondary N) is 1. The summed E-state index contributed by atoms with van der Waals surface area (Å²) in [5, 5.41) is 7.09. The summed E-state index contributed by atoms with van der Waals surface area (Å²) < 4.78 is 5.14. The second-order valence-corrected chi connectivity index (χ2v) is 6.04. The number of hydrogen-bond acceptors (Lipinski definition) is 4. The van der Waals surface area contributed by atoms with Crippen molar-refractivity contribution in [3.8, 4) is 0 Å². The van der Waals surface area contributed by atoms with Crippen LogP contribution in [0.3, 0.4) is 0 Å². The van der Waals surface area contributed by atoms with E-state index < -0.39 is 0 Å². The van der Waals surface area contributed by atoms with Gasteiger partial charge in [0.05, 0.1) is 6.26 Å².